The molecule has 2 nitrogen and oxygen atoms in total. The second-order valence-electron chi connectivity index (χ2n) is 13.5. The van der Waals surface area contributed by atoms with E-state index in [1.54, 1.807) is 0 Å². The molecular weight excluding hydrogens is 532 g/mol. The first-order valence-electron chi connectivity index (χ1n) is 15.6. The minimum atomic E-state index is -0.221. The minimum Gasteiger partial charge on any atom is -0.354 e. The van der Waals surface area contributed by atoms with E-state index >= 15 is 0 Å². The van der Waals surface area contributed by atoms with Gasteiger partial charge in [-0.1, -0.05) is 131 Å². The van der Waals surface area contributed by atoms with Gasteiger partial charge in [0.05, 0.1) is 16.6 Å². The second kappa shape index (κ2) is 8.74. The number of H-pyrrole nitrogens is 1. The summed E-state index contributed by atoms with van der Waals surface area (Å²) in [6.07, 6.45) is 0. The molecule has 6 aromatic carbocycles. The Morgan fingerprint density at radius 1 is 0.477 bits per heavy atom. The number of rotatable bonds is 2. The van der Waals surface area contributed by atoms with Crippen molar-refractivity contribution < 1.29 is 0 Å². The molecule has 1 aliphatic rings. The molecule has 0 unspecified atom stereocenters. The molecule has 0 fully saturated rings. The van der Waals surface area contributed by atoms with Gasteiger partial charge in [0.2, 0.25) is 0 Å². The molecule has 0 aliphatic heterocycles. The molecule has 2 heteroatoms. The van der Waals surface area contributed by atoms with E-state index in [1.807, 2.05) is 0 Å². The number of aromatic nitrogens is 2. The van der Waals surface area contributed by atoms with Gasteiger partial charge < -0.3 is 9.55 Å². The molecule has 0 spiro atoms. The maximum atomic E-state index is 3.84. The lowest BCUT2D eigenvalue weighted by Crippen LogP contribution is -2.37. The Bertz CT molecular complexity index is 2420. The van der Waals surface area contributed by atoms with Crippen LogP contribution in [-0.4, -0.2) is 9.55 Å². The molecule has 0 atom stereocenters. The first-order valence-corrected chi connectivity index (χ1v) is 15.6. The average molecular weight is 567 g/mol. The molecule has 2 aromatic heterocycles. The predicted molar refractivity (Wildman–Crippen MR) is 186 cm³/mol. The molecular formula is C42H34N2. The van der Waals surface area contributed by atoms with Crippen LogP contribution in [0.4, 0.5) is 0 Å². The summed E-state index contributed by atoms with van der Waals surface area (Å²) in [4.78, 5) is 3.84. The van der Waals surface area contributed by atoms with E-state index < -0.39 is 0 Å². The van der Waals surface area contributed by atoms with Gasteiger partial charge in [0.1, 0.15) is 0 Å². The van der Waals surface area contributed by atoms with Gasteiger partial charge in [-0.05, 0) is 57.6 Å². The van der Waals surface area contributed by atoms with Crippen molar-refractivity contribution in [2.75, 3.05) is 0 Å². The SMILES string of the molecule is CC1(C)c2ccc3c4ccccc4n(-c4ccc(-c5ccccc5)cc4)c3c2C(C)(C)c2ccc3c([nH]c4ccccc43)c21. The average Bonchev–Trinajstić information content (AvgIpc) is 3.60. The second-order valence-corrected chi connectivity index (χ2v) is 13.5. The minimum absolute atomic E-state index is 0.201. The van der Waals surface area contributed by atoms with Crippen molar-refractivity contribution >= 4 is 43.6 Å². The lowest BCUT2D eigenvalue weighted by atomic mass is 9.59. The number of benzene rings is 6. The largest absolute Gasteiger partial charge is 0.354 e. The molecule has 8 aromatic rings. The smallest absolute Gasteiger partial charge is 0.0585 e. The fraction of sp³-hybridized carbons (Fsp3) is 0.143. The maximum Gasteiger partial charge on any atom is 0.0585 e. The third kappa shape index (κ3) is 3.26. The van der Waals surface area contributed by atoms with Gasteiger partial charge in [-0.15, -0.1) is 0 Å². The summed E-state index contributed by atoms with van der Waals surface area (Å²) in [6.45, 7) is 9.68. The summed E-state index contributed by atoms with van der Waals surface area (Å²) in [5.41, 5.74) is 13.9. The third-order valence-electron chi connectivity index (χ3n) is 10.3. The highest BCUT2D eigenvalue weighted by molar-refractivity contribution is 6.12. The number of nitrogens with one attached hydrogen (secondary N) is 1. The standard InChI is InChI=1S/C42H34N2/c1-41(2)34-25-23-32-30-15-9-11-17-36(30)44(28-20-18-27(19-21-28)26-12-6-5-7-13-26)40(32)38(34)42(3,4)33-24-22-31-29-14-8-10-16-35(29)43-39(31)37(33)41/h5-25,43H,1-4H3. The van der Waals surface area contributed by atoms with E-state index in [4.69, 9.17) is 0 Å². The van der Waals surface area contributed by atoms with E-state index in [0.717, 1.165) is 0 Å². The molecule has 0 saturated carbocycles. The van der Waals surface area contributed by atoms with Gasteiger partial charge in [-0.25, -0.2) is 0 Å². The lowest BCUT2D eigenvalue weighted by Gasteiger charge is -2.44. The predicted octanol–water partition coefficient (Wildman–Crippen LogP) is 11.1. The number of fused-ring (bicyclic) bond motifs is 10. The zero-order chi connectivity index (χ0) is 29.8. The summed E-state index contributed by atoms with van der Waals surface area (Å²) in [7, 11) is 0. The Morgan fingerprint density at radius 3 is 1.84 bits per heavy atom. The van der Waals surface area contributed by atoms with Crippen LogP contribution in [0.1, 0.15) is 49.9 Å². The molecule has 0 amide bonds. The normalized spacial score (nSPS) is 15.2. The molecule has 9 rings (SSSR count). The molecule has 2 heterocycles. The van der Waals surface area contributed by atoms with Gasteiger partial charge in [-0.2, -0.15) is 0 Å². The van der Waals surface area contributed by atoms with Crippen molar-refractivity contribution in [1.29, 1.82) is 0 Å². The van der Waals surface area contributed by atoms with Crippen molar-refractivity contribution in [3.63, 3.8) is 0 Å². The van der Waals surface area contributed by atoms with Gasteiger partial charge in [0.25, 0.3) is 0 Å². The molecule has 212 valence electrons. The first-order chi connectivity index (χ1) is 21.4. The molecule has 1 aliphatic carbocycles. The van der Waals surface area contributed by atoms with Crippen LogP contribution in [0.25, 0.3) is 60.4 Å². The Kier molecular flexibility index (Phi) is 5.05. The Hall–Kier alpha value is -5.08. The highest BCUT2D eigenvalue weighted by atomic mass is 15.0. The molecule has 1 N–H and O–H groups in total. The molecule has 0 radical (unpaired) electrons. The number of para-hydroxylation sites is 2. The van der Waals surface area contributed by atoms with Gasteiger partial charge in [-0.3, -0.25) is 0 Å². The highest BCUT2D eigenvalue weighted by Crippen LogP contribution is 2.55. The molecule has 0 bridgehead atoms. The first kappa shape index (κ1) is 25.4. The van der Waals surface area contributed by atoms with Crippen molar-refractivity contribution in [3.05, 3.63) is 150 Å². The van der Waals surface area contributed by atoms with Crippen LogP contribution < -0.4 is 0 Å². The van der Waals surface area contributed by atoms with Crippen LogP contribution in [0.2, 0.25) is 0 Å². The summed E-state index contributed by atoms with van der Waals surface area (Å²) in [5.74, 6) is 0. The van der Waals surface area contributed by atoms with Crippen LogP contribution in [0.5, 0.6) is 0 Å². The lowest BCUT2D eigenvalue weighted by molar-refractivity contribution is 0.527. The molecule has 0 saturated heterocycles. The highest BCUT2D eigenvalue weighted by Gasteiger charge is 2.45. The summed E-state index contributed by atoms with van der Waals surface area (Å²) >= 11 is 0. The van der Waals surface area contributed by atoms with Gasteiger partial charge in [0.15, 0.2) is 0 Å². The topological polar surface area (TPSA) is 20.7 Å². The Labute approximate surface area is 257 Å². The van der Waals surface area contributed by atoms with Crippen molar-refractivity contribution in [2.45, 2.75) is 38.5 Å². The third-order valence-corrected chi connectivity index (χ3v) is 10.3. The van der Waals surface area contributed by atoms with Crippen molar-refractivity contribution in [3.8, 4) is 16.8 Å². The van der Waals surface area contributed by atoms with Crippen LogP contribution in [-0.2, 0) is 10.8 Å². The maximum absolute atomic E-state index is 3.84. The van der Waals surface area contributed by atoms with E-state index in [-0.39, 0.29) is 10.8 Å². The van der Waals surface area contributed by atoms with Crippen LogP contribution in [0, 0.1) is 0 Å². The zero-order valence-electron chi connectivity index (χ0n) is 25.6. The summed E-state index contributed by atoms with van der Waals surface area (Å²) in [5, 5.41) is 5.20. The van der Waals surface area contributed by atoms with E-state index in [0.29, 0.717) is 0 Å². The quantitative estimate of drug-likeness (QED) is 0.215. The summed E-state index contributed by atoms with van der Waals surface area (Å²) in [6, 6.07) is 46.9. The van der Waals surface area contributed by atoms with Crippen LogP contribution >= 0.6 is 0 Å². The zero-order valence-corrected chi connectivity index (χ0v) is 25.6. The molecule has 44 heavy (non-hydrogen) atoms. The van der Waals surface area contributed by atoms with Crippen molar-refractivity contribution in [2.24, 2.45) is 0 Å². The van der Waals surface area contributed by atoms with E-state index in [9.17, 15) is 0 Å². The Balaban J connectivity index is 1.36. The van der Waals surface area contributed by atoms with E-state index in [2.05, 4.69) is 165 Å². The van der Waals surface area contributed by atoms with Gasteiger partial charge >= 0.3 is 0 Å². The number of hydrogen-bond donors (Lipinski definition) is 1. The van der Waals surface area contributed by atoms with Gasteiger partial charge in [0, 0.05) is 43.6 Å². The number of hydrogen-bond acceptors (Lipinski definition) is 0. The van der Waals surface area contributed by atoms with Crippen molar-refractivity contribution in [1.82, 2.24) is 9.55 Å². The van der Waals surface area contributed by atoms with E-state index in [1.165, 1.54) is 82.7 Å². The Morgan fingerprint density at radius 2 is 1.07 bits per heavy atom. The number of nitrogens with zero attached hydrogens (tertiary/aromatic N) is 1. The monoisotopic (exact) mass is 566 g/mol. The summed E-state index contributed by atoms with van der Waals surface area (Å²) < 4.78 is 2.52. The fourth-order valence-corrected chi connectivity index (χ4v) is 8.27. The number of aromatic amines is 1. The fourth-order valence-electron chi connectivity index (χ4n) is 8.27. The van der Waals surface area contributed by atoms with Crippen LogP contribution in [0.15, 0.2) is 127 Å². The van der Waals surface area contributed by atoms with Crippen LogP contribution in [0.3, 0.4) is 0 Å².